The number of rotatable bonds is 6. The summed E-state index contributed by atoms with van der Waals surface area (Å²) in [6.07, 6.45) is 2.72. The highest BCUT2D eigenvalue weighted by molar-refractivity contribution is 9.10. The van der Waals surface area contributed by atoms with Crippen molar-refractivity contribution >= 4 is 62.1 Å². The number of hydrogen-bond donors (Lipinski definition) is 1. The first-order valence-corrected chi connectivity index (χ1v) is 12.4. The van der Waals surface area contributed by atoms with Gasteiger partial charge in [0.05, 0.1) is 31.7 Å². The summed E-state index contributed by atoms with van der Waals surface area (Å²) in [5.41, 5.74) is 4.09. The zero-order chi connectivity index (χ0) is 24.1. The quantitative estimate of drug-likeness (QED) is 0.334. The average Bonchev–Trinajstić information content (AvgIpc) is 3.17. The van der Waals surface area contributed by atoms with Gasteiger partial charge in [0.1, 0.15) is 6.61 Å². The van der Waals surface area contributed by atoms with Crippen molar-refractivity contribution in [2.75, 3.05) is 0 Å². The third-order valence-electron chi connectivity index (χ3n) is 5.05. The Hall–Kier alpha value is -3.05. The van der Waals surface area contributed by atoms with Gasteiger partial charge in [-0.25, -0.2) is 4.99 Å². The number of ether oxygens (including phenoxy) is 1. The van der Waals surface area contributed by atoms with E-state index in [4.69, 9.17) is 16.3 Å². The minimum absolute atomic E-state index is 0.208. The van der Waals surface area contributed by atoms with Gasteiger partial charge in [-0.2, -0.15) is 5.26 Å². The molecule has 0 radical (unpaired) electrons. The molecule has 1 N–H and O–H groups in total. The van der Waals surface area contributed by atoms with E-state index in [1.54, 1.807) is 18.2 Å². The van der Waals surface area contributed by atoms with E-state index in [-0.39, 0.29) is 12.5 Å². The highest BCUT2D eigenvalue weighted by atomic mass is 79.9. The maximum absolute atomic E-state index is 12.5. The summed E-state index contributed by atoms with van der Waals surface area (Å²) in [6.45, 7) is 2.31. The summed E-state index contributed by atoms with van der Waals surface area (Å²) in [4.78, 5) is 17.5. The average molecular weight is 553 g/mol. The van der Waals surface area contributed by atoms with E-state index in [1.165, 1.54) is 17.3 Å². The number of nitrogens with zero attached hydrogens (tertiary/aromatic N) is 2. The fraction of sp³-hybridized carbons (Fsp3) is 0.115. The molecular weight excluding hydrogens is 534 g/mol. The SMILES string of the molecule is CCc1ccc(N=C2NC(=O)/C(=C/c3cc(Cl)c(OCc4ccccc4C#N)c(Br)c3)S2)cc1. The lowest BCUT2D eigenvalue weighted by Gasteiger charge is -2.12. The fourth-order valence-corrected chi connectivity index (χ4v) is 5.09. The zero-order valence-electron chi connectivity index (χ0n) is 18.1. The number of amides is 1. The summed E-state index contributed by atoms with van der Waals surface area (Å²) in [5.74, 6) is 0.257. The van der Waals surface area contributed by atoms with Gasteiger partial charge in [0.15, 0.2) is 10.9 Å². The summed E-state index contributed by atoms with van der Waals surface area (Å²) in [6, 6.07) is 20.9. The summed E-state index contributed by atoms with van der Waals surface area (Å²) in [5, 5.41) is 13.0. The van der Waals surface area contributed by atoms with Gasteiger partial charge < -0.3 is 10.1 Å². The van der Waals surface area contributed by atoms with Crippen molar-refractivity contribution in [2.24, 2.45) is 4.99 Å². The van der Waals surface area contributed by atoms with E-state index < -0.39 is 0 Å². The standard InChI is InChI=1S/C26H19BrClN3O2S/c1-2-16-7-9-20(10-8-16)30-26-31-25(32)23(34-26)13-17-11-21(27)24(22(28)12-17)33-15-19-6-4-3-5-18(19)14-29/h3-13H,2,15H2,1H3,(H,30,31,32)/b23-13-. The number of benzene rings is 3. The lowest BCUT2D eigenvalue weighted by Crippen LogP contribution is -2.19. The van der Waals surface area contributed by atoms with E-state index in [0.29, 0.717) is 30.9 Å². The molecule has 1 fully saturated rings. The Morgan fingerprint density at radius 3 is 2.68 bits per heavy atom. The van der Waals surface area contributed by atoms with Crippen molar-refractivity contribution in [3.05, 3.63) is 97.3 Å². The van der Waals surface area contributed by atoms with Crippen molar-refractivity contribution < 1.29 is 9.53 Å². The molecule has 1 amide bonds. The van der Waals surface area contributed by atoms with Crippen molar-refractivity contribution in [2.45, 2.75) is 20.0 Å². The molecule has 0 atom stereocenters. The number of halogens is 2. The van der Waals surface area contributed by atoms with Crippen molar-refractivity contribution in [3.8, 4) is 11.8 Å². The van der Waals surface area contributed by atoms with Gasteiger partial charge >= 0.3 is 0 Å². The third-order valence-corrected chi connectivity index (χ3v) is 6.83. The molecule has 0 unspecified atom stereocenters. The van der Waals surface area contributed by atoms with E-state index in [1.807, 2.05) is 48.5 Å². The zero-order valence-corrected chi connectivity index (χ0v) is 21.3. The maximum atomic E-state index is 12.5. The molecule has 0 aromatic heterocycles. The molecule has 0 bridgehead atoms. The lowest BCUT2D eigenvalue weighted by atomic mass is 10.1. The van der Waals surface area contributed by atoms with Crippen LogP contribution in [-0.4, -0.2) is 11.1 Å². The van der Waals surface area contributed by atoms with E-state index >= 15 is 0 Å². The van der Waals surface area contributed by atoms with E-state index in [0.717, 1.165) is 23.2 Å². The van der Waals surface area contributed by atoms with Gasteiger partial charge in [0, 0.05) is 5.56 Å². The first-order valence-electron chi connectivity index (χ1n) is 10.4. The third kappa shape index (κ3) is 5.71. The molecule has 34 heavy (non-hydrogen) atoms. The van der Waals surface area contributed by atoms with Gasteiger partial charge in [-0.3, -0.25) is 4.79 Å². The number of carbonyl (C=O) groups excluding carboxylic acids is 1. The van der Waals surface area contributed by atoms with Gasteiger partial charge in [0.2, 0.25) is 0 Å². The van der Waals surface area contributed by atoms with Crippen LogP contribution in [0.25, 0.3) is 6.08 Å². The van der Waals surface area contributed by atoms with E-state index in [2.05, 4.69) is 39.2 Å². The van der Waals surface area contributed by atoms with Gasteiger partial charge in [-0.15, -0.1) is 0 Å². The number of thioether (sulfide) groups is 1. The lowest BCUT2D eigenvalue weighted by molar-refractivity contribution is -0.115. The number of nitriles is 1. The highest BCUT2D eigenvalue weighted by Crippen LogP contribution is 2.37. The Bertz CT molecular complexity index is 1320. The normalized spacial score (nSPS) is 15.4. The number of aryl methyl sites for hydroxylation is 1. The van der Waals surface area contributed by atoms with Gasteiger partial charge in [-0.1, -0.05) is 48.9 Å². The first-order chi connectivity index (χ1) is 16.5. The second kappa shape index (κ2) is 10.9. The van der Waals surface area contributed by atoms with Crippen molar-refractivity contribution in [1.82, 2.24) is 5.32 Å². The maximum Gasteiger partial charge on any atom is 0.264 e. The smallest absolute Gasteiger partial charge is 0.264 e. The molecule has 1 saturated heterocycles. The Morgan fingerprint density at radius 1 is 1.21 bits per heavy atom. The van der Waals surface area contributed by atoms with Gasteiger partial charge in [-0.05, 0) is 81.6 Å². The molecule has 3 aromatic carbocycles. The highest BCUT2D eigenvalue weighted by Gasteiger charge is 2.24. The van der Waals surface area contributed by atoms with Crippen LogP contribution in [-0.2, 0) is 17.8 Å². The number of carbonyl (C=O) groups is 1. The second-order valence-corrected chi connectivity index (χ2v) is 9.67. The molecular formula is C26H19BrClN3O2S. The molecule has 4 rings (SSSR count). The molecule has 170 valence electrons. The van der Waals surface area contributed by atoms with Crippen LogP contribution in [0.3, 0.4) is 0 Å². The van der Waals surface area contributed by atoms with Crippen LogP contribution in [0, 0.1) is 11.3 Å². The predicted molar refractivity (Wildman–Crippen MR) is 141 cm³/mol. The largest absolute Gasteiger partial charge is 0.486 e. The molecule has 8 heteroatoms. The Morgan fingerprint density at radius 2 is 1.97 bits per heavy atom. The minimum Gasteiger partial charge on any atom is -0.486 e. The van der Waals surface area contributed by atoms with Crippen LogP contribution in [0.1, 0.15) is 29.2 Å². The molecule has 5 nitrogen and oxygen atoms in total. The summed E-state index contributed by atoms with van der Waals surface area (Å²) < 4.78 is 6.54. The number of hydrogen-bond acceptors (Lipinski definition) is 5. The Labute approximate surface area is 215 Å². The van der Waals surface area contributed by atoms with Crippen LogP contribution in [0.15, 0.2) is 75.0 Å². The molecule has 1 aliphatic rings. The summed E-state index contributed by atoms with van der Waals surface area (Å²) >= 11 is 11.3. The predicted octanol–water partition coefficient (Wildman–Crippen LogP) is 7.01. The molecule has 0 aliphatic carbocycles. The number of nitrogens with one attached hydrogen (secondary N) is 1. The van der Waals surface area contributed by atoms with Crippen LogP contribution < -0.4 is 10.1 Å². The second-order valence-electron chi connectivity index (χ2n) is 7.37. The minimum atomic E-state index is -0.213. The first kappa shape index (κ1) is 24.1. The number of aliphatic imine (C=N–C) groups is 1. The van der Waals surface area contributed by atoms with Crippen LogP contribution in [0.4, 0.5) is 5.69 Å². The van der Waals surface area contributed by atoms with E-state index in [9.17, 15) is 10.1 Å². The molecule has 1 heterocycles. The fourth-order valence-electron chi connectivity index (χ4n) is 3.26. The molecule has 0 saturated carbocycles. The Kier molecular flexibility index (Phi) is 7.73. The Balaban J connectivity index is 1.50. The number of amidine groups is 1. The summed E-state index contributed by atoms with van der Waals surface area (Å²) in [7, 11) is 0. The molecule has 1 aliphatic heterocycles. The van der Waals surface area contributed by atoms with Crippen molar-refractivity contribution in [1.29, 1.82) is 5.26 Å². The van der Waals surface area contributed by atoms with Crippen LogP contribution in [0.5, 0.6) is 5.75 Å². The monoisotopic (exact) mass is 551 g/mol. The topological polar surface area (TPSA) is 74.5 Å². The molecule has 3 aromatic rings. The van der Waals surface area contributed by atoms with Crippen LogP contribution >= 0.6 is 39.3 Å². The van der Waals surface area contributed by atoms with Gasteiger partial charge in [0.25, 0.3) is 5.91 Å². The van der Waals surface area contributed by atoms with Crippen LogP contribution in [0.2, 0.25) is 5.02 Å². The molecule has 0 spiro atoms. The van der Waals surface area contributed by atoms with Crippen molar-refractivity contribution in [3.63, 3.8) is 0 Å².